The summed E-state index contributed by atoms with van der Waals surface area (Å²) in [5.74, 6) is 1.07. The largest absolute Gasteiger partial charge is 0.497 e. The lowest BCUT2D eigenvalue weighted by atomic mass is 9.97. The highest BCUT2D eigenvalue weighted by Crippen LogP contribution is 2.32. The molecule has 0 radical (unpaired) electrons. The lowest BCUT2D eigenvalue weighted by molar-refractivity contribution is -0.120. The molecule has 0 bridgehead atoms. The molecule has 0 unspecified atom stereocenters. The summed E-state index contributed by atoms with van der Waals surface area (Å²) < 4.78 is 43.5. The summed E-state index contributed by atoms with van der Waals surface area (Å²) in [5, 5.41) is 2.90. The number of ether oxygens (including phenoxy) is 3. The SMILES string of the molecule is CCOc1ccc(NC(=O)C2CCN(S(=O)(=O)c3cc(OC)ccc3OC)CC2)cc1. The number of anilines is 1. The molecule has 168 valence electrons. The van der Waals surface area contributed by atoms with E-state index in [1.54, 1.807) is 36.4 Å². The van der Waals surface area contributed by atoms with Gasteiger partial charge in [0.15, 0.2) is 0 Å². The molecule has 1 fully saturated rings. The van der Waals surface area contributed by atoms with Gasteiger partial charge in [-0.25, -0.2) is 8.42 Å². The predicted octanol–water partition coefficient (Wildman–Crippen LogP) is 3.14. The van der Waals surface area contributed by atoms with E-state index < -0.39 is 10.0 Å². The van der Waals surface area contributed by atoms with Crippen molar-refractivity contribution in [1.29, 1.82) is 0 Å². The summed E-state index contributed by atoms with van der Waals surface area (Å²) in [6, 6.07) is 11.9. The number of carbonyl (C=O) groups excluding carboxylic acids is 1. The minimum absolute atomic E-state index is 0.0617. The molecule has 0 aromatic heterocycles. The Morgan fingerprint density at radius 3 is 2.26 bits per heavy atom. The molecule has 0 aliphatic carbocycles. The maximum absolute atomic E-state index is 13.2. The van der Waals surface area contributed by atoms with Crippen molar-refractivity contribution >= 4 is 21.6 Å². The van der Waals surface area contributed by atoms with Gasteiger partial charge in [0.05, 0.1) is 20.8 Å². The molecule has 8 nitrogen and oxygen atoms in total. The maximum Gasteiger partial charge on any atom is 0.246 e. The summed E-state index contributed by atoms with van der Waals surface area (Å²) in [7, 11) is -0.865. The second kappa shape index (κ2) is 10.0. The van der Waals surface area contributed by atoms with Gasteiger partial charge in [-0.05, 0) is 56.2 Å². The summed E-state index contributed by atoms with van der Waals surface area (Å²) >= 11 is 0. The standard InChI is InChI=1S/C22H28N2O6S/c1-4-30-18-7-5-17(6-8-18)23-22(25)16-11-13-24(14-12-16)31(26,27)21-15-19(28-2)9-10-20(21)29-3/h5-10,15-16H,4,11-14H2,1-3H3,(H,23,25). The zero-order valence-corrected chi connectivity index (χ0v) is 18.8. The average Bonchev–Trinajstić information content (AvgIpc) is 2.80. The van der Waals surface area contributed by atoms with E-state index in [1.807, 2.05) is 6.92 Å². The highest BCUT2D eigenvalue weighted by molar-refractivity contribution is 7.89. The number of hydrogen-bond acceptors (Lipinski definition) is 6. The molecular weight excluding hydrogens is 420 g/mol. The Labute approximate surface area is 183 Å². The van der Waals surface area contributed by atoms with Crippen LogP contribution in [0.2, 0.25) is 0 Å². The summed E-state index contributed by atoms with van der Waals surface area (Å²) in [4.78, 5) is 12.7. The lowest BCUT2D eigenvalue weighted by Gasteiger charge is -2.31. The first kappa shape index (κ1) is 22.9. The van der Waals surface area contributed by atoms with Crippen molar-refractivity contribution in [2.45, 2.75) is 24.7 Å². The Kier molecular flexibility index (Phi) is 7.40. The fraction of sp³-hybridized carbons (Fsp3) is 0.409. The van der Waals surface area contributed by atoms with E-state index in [0.717, 1.165) is 5.75 Å². The van der Waals surface area contributed by atoms with Crippen LogP contribution in [-0.4, -0.2) is 52.5 Å². The molecule has 1 heterocycles. The number of methoxy groups -OCH3 is 2. The van der Waals surface area contributed by atoms with Gasteiger partial charge in [0, 0.05) is 30.8 Å². The van der Waals surface area contributed by atoms with Gasteiger partial charge in [0.2, 0.25) is 15.9 Å². The van der Waals surface area contributed by atoms with E-state index in [9.17, 15) is 13.2 Å². The molecule has 2 aromatic rings. The van der Waals surface area contributed by atoms with Crippen molar-refractivity contribution in [3.8, 4) is 17.2 Å². The number of rotatable bonds is 8. The molecule has 9 heteroatoms. The molecule has 2 aromatic carbocycles. The first-order valence-corrected chi connectivity index (χ1v) is 11.6. The van der Waals surface area contributed by atoms with E-state index in [1.165, 1.54) is 24.6 Å². The van der Waals surface area contributed by atoms with E-state index in [-0.39, 0.29) is 35.6 Å². The molecule has 0 spiro atoms. The van der Waals surface area contributed by atoms with Crippen LogP contribution in [0.3, 0.4) is 0 Å². The third-order valence-electron chi connectivity index (χ3n) is 5.25. The molecule has 1 N–H and O–H groups in total. The van der Waals surface area contributed by atoms with Crippen LogP contribution in [0.4, 0.5) is 5.69 Å². The van der Waals surface area contributed by atoms with Crippen molar-refractivity contribution in [1.82, 2.24) is 4.31 Å². The molecular formula is C22H28N2O6S. The average molecular weight is 449 g/mol. The van der Waals surface area contributed by atoms with Crippen LogP contribution < -0.4 is 19.5 Å². The molecule has 1 aliphatic heterocycles. The van der Waals surface area contributed by atoms with E-state index >= 15 is 0 Å². The van der Waals surface area contributed by atoms with Crippen LogP contribution in [0, 0.1) is 5.92 Å². The molecule has 0 atom stereocenters. The van der Waals surface area contributed by atoms with Crippen LogP contribution >= 0.6 is 0 Å². The second-order valence-corrected chi connectivity index (χ2v) is 9.05. The molecule has 1 amide bonds. The Bertz CT molecular complexity index is 999. The number of nitrogens with zero attached hydrogens (tertiary/aromatic N) is 1. The topological polar surface area (TPSA) is 94.2 Å². The van der Waals surface area contributed by atoms with Crippen LogP contribution in [-0.2, 0) is 14.8 Å². The highest BCUT2D eigenvalue weighted by Gasteiger charge is 2.34. The van der Waals surface area contributed by atoms with Gasteiger partial charge in [0.25, 0.3) is 0 Å². The summed E-state index contributed by atoms with van der Waals surface area (Å²) in [5.41, 5.74) is 0.685. The number of hydrogen-bond donors (Lipinski definition) is 1. The Hall–Kier alpha value is -2.78. The van der Waals surface area contributed by atoms with Crippen LogP contribution in [0.5, 0.6) is 17.2 Å². The van der Waals surface area contributed by atoms with Gasteiger partial charge in [0.1, 0.15) is 22.1 Å². The van der Waals surface area contributed by atoms with Crippen LogP contribution in [0.15, 0.2) is 47.4 Å². The number of piperidine rings is 1. The van der Waals surface area contributed by atoms with Gasteiger partial charge >= 0.3 is 0 Å². The number of amides is 1. The third-order valence-corrected chi connectivity index (χ3v) is 7.17. The number of sulfonamides is 1. The molecule has 1 aliphatic rings. The summed E-state index contributed by atoms with van der Waals surface area (Å²) in [6.45, 7) is 3.00. The van der Waals surface area contributed by atoms with Crippen molar-refractivity contribution in [2.75, 3.05) is 39.2 Å². The van der Waals surface area contributed by atoms with Gasteiger partial charge in [-0.15, -0.1) is 0 Å². The Morgan fingerprint density at radius 2 is 1.68 bits per heavy atom. The second-order valence-electron chi connectivity index (χ2n) is 7.14. The smallest absolute Gasteiger partial charge is 0.246 e. The zero-order chi connectivity index (χ0) is 22.4. The maximum atomic E-state index is 13.2. The number of nitrogens with one attached hydrogen (secondary N) is 1. The molecule has 0 saturated carbocycles. The minimum Gasteiger partial charge on any atom is -0.497 e. The molecule has 3 rings (SSSR count). The van der Waals surface area contributed by atoms with E-state index in [0.29, 0.717) is 30.9 Å². The minimum atomic E-state index is -3.77. The van der Waals surface area contributed by atoms with Crippen molar-refractivity contribution < 1.29 is 27.4 Å². The predicted molar refractivity (Wildman–Crippen MR) is 117 cm³/mol. The fourth-order valence-corrected chi connectivity index (χ4v) is 5.17. The van der Waals surface area contributed by atoms with Crippen LogP contribution in [0.25, 0.3) is 0 Å². The quantitative estimate of drug-likeness (QED) is 0.667. The highest BCUT2D eigenvalue weighted by atomic mass is 32.2. The van der Waals surface area contributed by atoms with Gasteiger partial charge in [-0.3, -0.25) is 4.79 Å². The van der Waals surface area contributed by atoms with Gasteiger partial charge < -0.3 is 19.5 Å². The normalized spacial score (nSPS) is 15.3. The zero-order valence-electron chi connectivity index (χ0n) is 18.0. The Morgan fingerprint density at radius 1 is 1.03 bits per heavy atom. The molecule has 31 heavy (non-hydrogen) atoms. The lowest BCUT2D eigenvalue weighted by Crippen LogP contribution is -2.41. The van der Waals surface area contributed by atoms with Gasteiger partial charge in [-0.1, -0.05) is 0 Å². The first-order chi connectivity index (χ1) is 14.9. The van der Waals surface area contributed by atoms with Gasteiger partial charge in [-0.2, -0.15) is 4.31 Å². The van der Waals surface area contributed by atoms with Crippen LogP contribution in [0.1, 0.15) is 19.8 Å². The van der Waals surface area contributed by atoms with Crippen molar-refractivity contribution in [3.05, 3.63) is 42.5 Å². The molecule has 1 saturated heterocycles. The number of benzene rings is 2. The fourth-order valence-electron chi connectivity index (χ4n) is 3.53. The first-order valence-electron chi connectivity index (χ1n) is 10.1. The third kappa shape index (κ3) is 5.29. The van der Waals surface area contributed by atoms with Crippen molar-refractivity contribution in [2.24, 2.45) is 5.92 Å². The summed E-state index contributed by atoms with van der Waals surface area (Å²) in [6.07, 6.45) is 0.878. The van der Waals surface area contributed by atoms with E-state index in [4.69, 9.17) is 14.2 Å². The number of carbonyl (C=O) groups is 1. The monoisotopic (exact) mass is 448 g/mol. The Balaban J connectivity index is 1.64. The van der Waals surface area contributed by atoms with E-state index in [2.05, 4.69) is 5.32 Å². The van der Waals surface area contributed by atoms with Crippen molar-refractivity contribution in [3.63, 3.8) is 0 Å².